The van der Waals surface area contributed by atoms with Crippen LogP contribution in [-0.4, -0.2) is 12.2 Å². The maximum absolute atomic E-state index is 13.3. The number of ether oxygens (including phenoxy) is 1. The van der Waals surface area contributed by atoms with Gasteiger partial charge >= 0.3 is 0 Å². The van der Waals surface area contributed by atoms with E-state index in [9.17, 15) is 9.50 Å². The molecule has 0 spiro atoms. The highest BCUT2D eigenvalue weighted by molar-refractivity contribution is 5.36. The Morgan fingerprint density at radius 2 is 2.22 bits per heavy atom. The van der Waals surface area contributed by atoms with E-state index in [1.165, 1.54) is 12.1 Å². The van der Waals surface area contributed by atoms with Crippen molar-refractivity contribution in [2.75, 3.05) is 7.11 Å². The predicted octanol–water partition coefficient (Wildman–Crippen LogP) is 3.69. The Kier molecular flexibility index (Phi) is 4.23. The summed E-state index contributed by atoms with van der Waals surface area (Å²) in [4.78, 5) is 0. The molecule has 2 rings (SSSR count). The third-order valence-electron chi connectivity index (χ3n) is 4.12. The van der Waals surface area contributed by atoms with Crippen LogP contribution in [0.25, 0.3) is 0 Å². The molecule has 3 heteroatoms. The zero-order valence-corrected chi connectivity index (χ0v) is 11.0. The molecule has 18 heavy (non-hydrogen) atoms. The van der Waals surface area contributed by atoms with Crippen LogP contribution in [0.5, 0.6) is 5.75 Å². The number of halogens is 1. The number of hydrogen-bond acceptors (Lipinski definition) is 2. The van der Waals surface area contributed by atoms with Gasteiger partial charge in [-0.25, -0.2) is 4.39 Å². The van der Waals surface area contributed by atoms with Gasteiger partial charge in [-0.15, -0.1) is 0 Å². The summed E-state index contributed by atoms with van der Waals surface area (Å²) in [6, 6.07) is 4.33. The van der Waals surface area contributed by atoms with E-state index in [4.69, 9.17) is 4.74 Å². The lowest BCUT2D eigenvalue weighted by molar-refractivity contribution is 0.106. The second kappa shape index (κ2) is 5.70. The molecule has 0 radical (unpaired) electrons. The Bertz CT molecular complexity index is 405. The monoisotopic (exact) mass is 252 g/mol. The van der Waals surface area contributed by atoms with Crippen molar-refractivity contribution in [3.8, 4) is 5.75 Å². The summed E-state index contributed by atoms with van der Waals surface area (Å²) in [7, 11) is 1.55. The first-order chi connectivity index (χ1) is 8.65. The minimum absolute atomic E-state index is 0.227. The number of aliphatic hydroxyl groups excluding tert-OH is 1. The van der Waals surface area contributed by atoms with Crippen LogP contribution in [0.3, 0.4) is 0 Å². The van der Waals surface area contributed by atoms with Crippen molar-refractivity contribution in [2.24, 2.45) is 11.8 Å². The van der Waals surface area contributed by atoms with Crippen LogP contribution in [-0.2, 0) is 0 Å². The lowest BCUT2D eigenvalue weighted by atomic mass is 9.92. The molecule has 2 nitrogen and oxygen atoms in total. The Labute approximate surface area is 108 Å². The van der Waals surface area contributed by atoms with Crippen LogP contribution in [0.15, 0.2) is 18.2 Å². The number of rotatable bonds is 4. The van der Waals surface area contributed by atoms with Crippen molar-refractivity contribution >= 4 is 0 Å². The summed E-state index contributed by atoms with van der Waals surface area (Å²) in [6.45, 7) is 2.18. The number of methoxy groups -OCH3 is 1. The molecule has 1 aromatic rings. The average molecular weight is 252 g/mol. The smallest absolute Gasteiger partial charge is 0.124 e. The van der Waals surface area contributed by atoms with Gasteiger partial charge in [0.1, 0.15) is 11.6 Å². The van der Waals surface area contributed by atoms with Crippen molar-refractivity contribution in [3.63, 3.8) is 0 Å². The highest BCUT2D eigenvalue weighted by atomic mass is 19.1. The minimum Gasteiger partial charge on any atom is -0.496 e. The molecule has 1 aliphatic rings. The molecule has 1 saturated carbocycles. The van der Waals surface area contributed by atoms with Gasteiger partial charge in [-0.3, -0.25) is 0 Å². The summed E-state index contributed by atoms with van der Waals surface area (Å²) in [5.41, 5.74) is 0.583. The first-order valence-electron chi connectivity index (χ1n) is 6.67. The first kappa shape index (κ1) is 13.3. The normalized spacial score (nSPS) is 25.1. The molecule has 0 aliphatic heterocycles. The molecule has 0 amide bonds. The van der Waals surface area contributed by atoms with Gasteiger partial charge < -0.3 is 9.84 Å². The lowest BCUT2D eigenvalue weighted by Crippen LogP contribution is -2.11. The fraction of sp³-hybridized carbons (Fsp3) is 0.600. The molecular formula is C15H21FO2. The molecule has 0 bridgehead atoms. The fourth-order valence-electron chi connectivity index (χ4n) is 2.96. The van der Waals surface area contributed by atoms with Crippen LogP contribution >= 0.6 is 0 Å². The Morgan fingerprint density at radius 3 is 2.83 bits per heavy atom. The molecule has 3 atom stereocenters. The van der Waals surface area contributed by atoms with Gasteiger partial charge in [0.05, 0.1) is 13.2 Å². The zero-order chi connectivity index (χ0) is 13.1. The van der Waals surface area contributed by atoms with E-state index in [-0.39, 0.29) is 11.7 Å². The van der Waals surface area contributed by atoms with Crippen LogP contribution in [0, 0.1) is 17.7 Å². The Hall–Kier alpha value is -1.09. The van der Waals surface area contributed by atoms with Crippen LogP contribution < -0.4 is 4.74 Å². The van der Waals surface area contributed by atoms with Crippen molar-refractivity contribution in [2.45, 2.75) is 38.7 Å². The van der Waals surface area contributed by atoms with Gasteiger partial charge in [0.2, 0.25) is 0 Å². The van der Waals surface area contributed by atoms with Crippen LogP contribution in [0.2, 0.25) is 0 Å². The van der Waals surface area contributed by atoms with E-state index in [0.29, 0.717) is 17.2 Å². The van der Waals surface area contributed by atoms with Crippen LogP contribution in [0.4, 0.5) is 4.39 Å². The van der Waals surface area contributed by atoms with Crippen molar-refractivity contribution in [1.82, 2.24) is 0 Å². The van der Waals surface area contributed by atoms with Crippen molar-refractivity contribution < 1.29 is 14.2 Å². The van der Waals surface area contributed by atoms with E-state index in [1.54, 1.807) is 13.2 Å². The standard InChI is InChI=1S/C15H21FO2/c1-3-10-4-5-11(8-10)15(17)13-9-12(16)6-7-14(13)18-2/h6-7,9-11,15,17H,3-5,8H2,1-2H3. The van der Waals surface area contributed by atoms with Crippen molar-refractivity contribution in [3.05, 3.63) is 29.6 Å². The summed E-state index contributed by atoms with van der Waals surface area (Å²) in [6.07, 6.45) is 3.74. The molecule has 100 valence electrons. The lowest BCUT2D eigenvalue weighted by Gasteiger charge is -2.21. The molecule has 1 aliphatic carbocycles. The summed E-state index contributed by atoms with van der Waals surface area (Å²) < 4.78 is 18.5. The highest BCUT2D eigenvalue weighted by Gasteiger charge is 2.31. The zero-order valence-electron chi connectivity index (χ0n) is 11.0. The molecule has 1 N–H and O–H groups in total. The molecule has 1 aromatic carbocycles. The quantitative estimate of drug-likeness (QED) is 0.885. The van der Waals surface area contributed by atoms with E-state index in [2.05, 4.69) is 6.92 Å². The predicted molar refractivity (Wildman–Crippen MR) is 69.0 cm³/mol. The van der Waals surface area contributed by atoms with E-state index in [0.717, 1.165) is 25.7 Å². The number of aliphatic hydroxyl groups is 1. The maximum Gasteiger partial charge on any atom is 0.124 e. The molecule has 0 heterocycles. The SMILES string of the molecule is CCC1CCC(C(O)c2cc(F)ccc2OC)C1. The molecule has 0 aromatic heterocycles. The van der Waals surface area contributed by atoms with Gasteiger partial charge in [-0.1, -0.05) is 19.8 Å². The fourth-order valence-corrected chi connectivity index (χ4v) is 2.96. The first-order valence-corrected chi connectivity index (χ1v) is 6.67. The molecular weight excluding hydrogens is 231 g/mol. The average Bonchev–Trinajstić information content (AvgIpc) is 2.86. The van der Waals surface area contributed by atoms with E-state index >= 15 is 0 Å². The largest absolute Gasteiger partial charge is 0.496 e. The summed E-state index contributed by atoms with van der Waals surface area (Å²) >= 11 is 0. The Morgan fingerprint density at radius 1 is 1.44 bits per heavy atom. The van der Waals surface area contributed by atoms with Gasteiger partial charge in [0.15, 0.2) is 0 Å². The second-order valence-corrected chi connectivity index (χ2v) is 5.18. The van der Waals surface area contributed by atoms with Gasteiger partial charge in [-0.2, -0.15) is 0 Å². The third kappa shape index (κ3) is 2.66. The van der Waals surface area contributed by atoms with Crippen molar-refractivity contribution in [1.29, 1.82) is 0 Å². The van der Waals surface area contributed by atoms with E-state index < -0.39 is 6.10 Å². The third-order valence-corrected chi connectivity index (χ3v) is 4.12. The maximum atomic E-state index is 13.3. The summed E-state index contributed by atoms with van der Waals surface area (Å²) in [5, 5.41) is 10.4. The summed E-state index contributed by atoms with van der Waals surface area (Å²) in [5.74, 6) is 1.17. The minimum atomic E-state index is -0.618. The Balaban J connectivity index is 2.18. The molecule has 1 fully saturated rings. The molecule has 3 unspecified atom stereocenters. The number of benzene rings is 1. The second-order valence-electron chi connectivity index (χ2n) is 5.18. The number of hydrogen-bond donors (Lipinski definition) is 1. The van der Waals surface area contributed by atoms with Gasteiger partial charge in [-0.05, 0) is 42.9 Å². The molecule has 0 saturated heterocycles. The van der Waals surface area contributed by atoms with Gasteiger partial charge in [0, 0.05) is 5.56 Å². The topological polar surface area (TPSA) is 29.5 Å². The highest BCUT2D eigenvalue weighted by Crippen LogP contribution is 2.42. The van der Waals surface area contributed by atoms with Crippen LogP contribution in [0.1, 0.15) is 44.3 Å². The van der Waals surface area contributed by atoms with E-state index in [1.807, 2.05) is 0 Å². The van der Waals surface area contributed by atoms with Gasteiger partial charge in [0.25, 0.3) is 0 Å².